The number of ether oxygens (including phenoxy) is 3. The van der Waals surface area contributed by atoms with Gasteiger partial charge in [0.1, 0.15) is 13.2 Å². The zero-order chi connectivity index (χ0) is 47.2. The highest BCUT2D eigenvalue weighted by Crippen LogP contribution is 2.12. The largest absolute Gasteiger partial charge is 0.462 e. The number of esters is 3. The van der Waals surface area contributed by atoms with Gasteiger partial charge in [-0.15, -0.1) is 0 Å². The van der Waals surface area contributed by atoms with Crippen molar-refractivity contribution in [1.29, 1.82) is 0 Å². The highest BCUT2D eigenvalue weighted by atomic mass is 16.6. The van der Waals surface area contributed by atoms with Gasteiger partial charge in [-0.2, -0.15) is 0 Å². The molecule has 0 spiro atoms. The molecule has 6 heteroatoms. The summed E-state index contributed by atoms with van der Waals surface area (Å²) in [6, 6.07) is 0. The molecule has 0 aliphatic carbocycles. The van der Waals surface area contributed by atoms with Crippen LogP contribution in [0.3, 0.4) is 0 Å². The van der Waals surface area contributed by atoms with Crippen LogP contribution in [0.25, 0.3) is 0 Å². The fourth-order valence-corrected chi connectivity index (χ4v) is 6.39. The molecule has 0 heterocycles. The van der Waals surface area contributed by atoms with Crippen LogP contribution in [0.4, 0.5) is 0 Å². The number of unbranched alkanes of at least 4 members (excludes halogenated alkanes) is 11. The lowest BCUT2D eigenvalue weighted by Gasteiger charge is -2.18. The van der Waals surface area contributed by atoms with Crippen LogP contribution >= 0.6 is 0 Å². The van der Waals surface area contributed by atoms with Crippen LogP contribution in [0.15, 0.2) is 134 Å². The molecule has 0 N–H and O–H groups in total. The molecule has 0 aromatic carbocycles. The van der Waals surface area contributed by atoms with Crippen molar-refractivity contribution in [3.63, 3.8) is 0 Å². The molecule has 364 valence electrons. The number of hydrogen-bond acceptors (Lipinski definition) is 6. The lowest BCUT2D eigenvalue weighted by atomic mass is 10.1. The van der Waals surface area contributed by atoms with Crippen molar-refractivity contribution in [2.75, 3.05) is 13.2 Å². The Morgan fingerprint density at radius 3 is 0.923 bits per heavy atom. The van der Waals surface area contributed by atoms with Crippen molar-refractivity contribution in [2.45, 2.75) is 207 Å². The molecule has 0 bridgehead atoms. The van der Waals surface area contributed by atoms with Crippen LogP contribution in [-0.2, 0) is 28.6 Å². The summed E-state index contributed by atoms with van der Waals surface area (Å²) in [5.41, 5.74) is 0. The van der Waals surface area contributed by atoms with Gasteiger partial charge in [-0.1, -0.05) is 193 Å². The van der Waals surface area contributed by atoms with Gasteiger partial charge in [0, 0.05) is 19.3 Å². The summed E-state index contributed by atoms with van der Waals surface area (Å²) >= 11 is 0. The van der Waals surface area contributed by atoms with Crippen molar-refractivity contribution in [3.8, 4) is 0 Å². The number of carbonyl (C=O) groups is 3. The second-order valence-corrected chi connectivity index (χ2v) is 16.3. The van der Waals surface area contributed by atoms with Crippen molar-refractivity contribution < 1.29 is 28.6 Å². The molecule has 0 aliphatic heterocycles. The van der Waals surface area contributed by atoms with E-state index in [2.05, 4.69) is 154 Å². The number of allylic oxidation sites excluding steroid dienone is 22. The van der Waals surface area contributed by atoms with Crippen molar-refractivity contribution in [3.05, 3.63) is 134 Å². The van der Waals surface area contributed by atoms with E-state index in [0.29, 0.717) is 12.8 Å². The van der Waals surface area contributed by atoms with Crippen LogP contribution < -0.4 is 0 Å². The SMILES string of the molecule is CC/C=C/C/C=C/C/C=C/C/C=C/C/C=C/CCCC(=O)OC[C@@H](COC(=O)CCCCCCC/C=C/C/C=C/C/C=C/CC)OC(=O)CCCCCCC/C=C/C/C=C/C/C=C/CC. The van der Waals surface area contributed by atoms with Gasteiger partial charge in [0.05, 0.1) is 0 Å². The maximum atomic E-state index is 12.8. The molecule has 6 nitrogen and oxygen atoms in total. The monoisotopic (exact) mass is 897 g/mol. The molecule has 0 saturated carbocycles. The average molecular weight is 897 g/mol. The Balaban J connectivity index is 4.56. The first-order chi connectivity index (χ1) is 32.0. The fourth-order valence-electron chi connectivity index (χ4n) is 6.39. The normalized spacial score (nSPS) is 13.2. The summed E-state index contributed by atoms with van der Waals surface area (Å²) in [6.45, 7) is 6.20. The molecule has 0 fully saturated rings. The molecule has 0 aromatic heterocycles. The molecule has 65 heavy (non-hydrogen) atoms. The van der Waals surface area contributed by atoms with Gasteiger partial charge in [-0.25, -0.2) is 0 Å². The Bertz CT molecular complexity index is 1450. The van der Waals surface area contributed by atoms with E-state index < -0.39 is 6.10 Å². The minimum absolute atomic E-state index is 0.117. The standard InChI is InChI=1S/C59H92O6/c1-4-7-10-13-16-19-22-25-28-29-32-34-37-40-43-46-49-52-58(61)64-55-56(65-59(62)53-50-47-44-41-38-35-31-27-24-21-18-15-12-9-6-3)54-63-57(60)51-48-45-42-39-36-33-30-26-23-20-17-14-11-8-5-2/h7-12,16-21,25-28,30-32,34,40,43,56H,4-6,13-15,22-24,29,33,35-39,41-42,44-55H2,1-3H3/b10-7+,11-8+,12-9+,19-16+,20-17+,21-18+,28-25+,30-26+,31-27+,34-32+,43-40+/t56-/m1/s1. The van der Waals surface area contributed by atoms with Gasteiger partial charge < -0.3 is 14.2 Å². The van der Waals surface area contributed by atoms with Crippen LogP contribution in [0, 0.1) is 0 Å². The maximum Gasteiger partial charge on any atom is 0.306 e. The molecule has 0 aromatic rings. The summed E-state index contributed by atoms with van der Waals surface area (Å²) < 4.78 is 16.7. The number of hydrogen-bond donors (Lipinski definition) is 0. The minimum atomic E-state index is -0.822. The summed E-state index contributed by atoms with van der Waals surface area (Å²) in [5, 5.41) is 0. The zero-order valence-electron chi connectivity index (χ0n) is 41.4. The van der Waals surface area contributed by atoms with Crippen molar-refractivity contribution in [1.82, 2.24) is 0 Å². The van der Waals surface area contributed by atoms with Crippen LogP contribution in [0.5, 0.6) is 0 Å². The van der Waals surface area contributed by atoms with Gasteiger partial charge in [-0.05, 0) is 122 Å². The topological polar surface area (TPSA) is 78.9 Å². The second-order valence-electron chi connectivity index (χ2n) is 16.3. The third-order valence-corrected chi connectivity index (χ3v) is 10.1. The Morgan fingerprint density at radius 2 is 0.569 bits per heavy atom. The molecule has 0 amide bonds. The summed E-state index contributed by atoms with van der Waals surface area (Å²) in [5.74, 6) is -1.02. The molecule has 0 rings (SSSR count). The summed E-state index contributed by atoms with van der Waals surface area (Å²) in [4.78, 5) is 38.0. The number of rotatable bonds is 44. The maximum absolute atomic E-state index is 12.8. The summed E-state index contributed by atoms with van der Waals surface area (Å²) in [6.07, 6.45) is 72.9. The molecule has 0 aliphatic rings. The van der Waals surface area contributed by atoms with E-state index in [1.807, 2.05) is 0 Å². The number of carbonyl (C=O) groups excluding carboxylic acids is 3. The van der Waals surface area contributed by atoms with Crippen molar-refractivity contribution >= 4 is 17.9 Å². The Morgan fingerprint density at radius 1 is 0.308 bits per heavy atom. The fraction of sp³-hybridized carbons (Fsp3) is 0.576. The predicted octanol–water partition coefficient (Wildman–Crippen LogP) is 17.1. The first-order valence-corrected chi connectivity index (χ1v) is 25.7. The van der Waals surface area contributed by atoms with E-state index in [1.54, 1.807) is 0 Å². The van der Waals surface area contributed by atoms with Crippen LogP contribution in [-0.4, -0.2) is 37.2 Å². The van der Waals surface area contributed by atoms with Gasteiger partial charge in [0.2, 0.25) is 0 Å². The molecule has 1 atom stereocenters. The van der Waals surface area contributed by atoms with E-state index in [0.717, 1.165) is 154 Å². The minimum Gasteiger partial charge on any atom is -0.462 e. The third kappa shape index (κ3) is 50.4. The van der Waals surface area contributed by atoms with Crippen LogP contribution in [0.1, 0.15) is 201 Å². The first kappa shape index (κ1) is 60.5. The highest BCUT2D eigenvalue weighted by molar-refractivity contribution is 5.71. The van der Waals surface area contributed by atoms with Gasteiger partial charge in [-0.3, -0.25) is 14.4 Å². The summed E-state index contributed by atoms with van der Waals surface area (Å²) in [7, 11) is 0. The average Bonchev–Trinajstić information content (AvgIpc) is 3.30. The Kier molecular flexibility index (Phi) is 48.6. The van der Waals surface area contributed by atoms with Gasteiger partial charge >= 0.3 is 17.9 Å². The predicted molar refractivity (Wildman–Crippen MR) is 279 cm³/mol. The molecule has 0 unspecified atom stereocenters. The Hall–Kier alpha value is -4.45. The van der Waals surface area contributed by atoms with Gasteiger partial charge in [0.25, 0.3) is 0 Å². The van der Waals surface area contributed by atoms with E-state index in [1.165, 1.54) is 0 Å². The molecular weight excluding hydrogens is 805 g/mol. The van der Waals surface area contributed by atoms with Gasteiger partial charge in [0.15, 0.2) is 6.10 Å². The second kappa shape index (κ2) is 52.2. The van der Waals surface area contributed by atoms with E-state index in [4.69, 9.17) is 14.2 Å². The van der Waals surface area contributed by atoms with Crippen LogP contribution in [0.2, 0.25) is 0 Å². The smallest absolute Gasteiger partial charge is 0.306 e. The van der Waals surface area contributed by atoms with E-state index in [-0.39, 0.29) is 44.0 Å². The molecule has 0 radical (unpaired) electrons. The van der Waals surface area contributed by atoms with E-state index in [9.17, 15) is 14.4 Å². The molecular formula is C59H92O6. The van der Waals surface area contributed by atoms with E-state index >= 15 is 0 Å². The molecule has 0 saturated heterocycles. The Labute approximate surface area is 398 Å². The lowest BCUT2D eigenvalue weighted by Crippen LogP contribution is -2.30. The zero-order valence-corrected chi connectivity index (χ0v) is 41.4. The lowest BCUT2D eigenvalue weighted by molar-refractivity contribution is -0.167. The first-order valence-electron chi connectivity index (χ1n) is 25.7. The third-order valence-electron chi connectivity index (χ3n) is 10.1. The van der Waals surface area contributed by atoms with Crippen molar-refractivity contribution in [2.24, 2.45) is 0 Å². The quantitative estimate of drug-likeness (QED) is 0.0262. The highest BCUT2D eigenvalue weighted by Gasteiger charge is 2.19.